The number of likely N-dealkylation sites (N-methyl/N-ethyl adjacent to an activating group) is 1. The zero-order valence-electron chi connectivity index (χ0n) is 35.8. The number of nitrogens with one attached hydrogen (secondary N) is 3. The summed E-state index contributed by atoms with van der Waals surface area (Å²) in [6, 6.07) is 10.3. The number of likely N-dealkylation sites (tertiary alicyclic amines) is 2. The highest BCUT2D eigenvalue weighted by Gasteiger charge is 2.58. The Morgan fingerprint density at radius 1 is 0.781 bits per heavy atom. The molecule has 3 aromatic heterocycles. The molecule has 334 valence electrons. The molecule has 11 rings (SSSR count). The highest BCUT2D eigenvalue weighted by molar-refractivity contribution is 5.89. The van der Waals surface area contributed by atoms with Crippen LogP contribution in [0.5, 0.6) is 0 Å². The van der Waals surface area contributed by atoms with E-state index in [-0.39, 0.29) is 47.8 Å². The van der Waals surface area contributed by atoms with Gasteiger partial charge in [-0.25, -0.2) is 24.5 Å². The van der Waals surface area contributed by atoms with Crippen molar-refractivity contribution in [2.24, 2.45) is 23.7 Å². The SMILES string of the molecule is COC(=O)N[C@H](C(=O)N1[C@@H]2C[C@H]2C[C@H]1c1nc2cc(-c3ccc4nc(-c5c[nH]c([C@@H]6C[C@H]7C[C@H]7N6C(=O)[C@H](C6CCOCC6)N(C)C(=O)O)n5)cnc4c3)ccc2[nH]1)C1CCOCC1. The van der Waals surface area contributed by atoms with Crippen molar-refractivity contribution >= 4 is 46.1 Å². The summed E-state index contributed by atoms with van der Waals surface area (Å²) < 4.78 is 16.0. The van der Waals surface area contributed by atoms with Crippen molar-refractivity contribution in [1.29, 1.82) is 0 Å². The zero-order valence-corrected chi connectivity index (χ0v) is 35.8. The van der Waals surface area contributed by atoms with E-state index in [1.54, 1.807) is 12.4 Å². The van der Waals surface area contributed by atoms with Gasteiger partial charge in [-0.1, -0.05) is 12.1 Å². The van der Waals surface area contributed by atoms with Gasteiger partial charge in [0.25, 0.3) is 0 Å². The van der Waals surface area contributed by atoms with Gasteiger partial charge in [-0.15, -0.1) is 0 Å². The van der Waals surface area contributed by atoms with E-state index in [9.17, 15) is 24.3 Å². The van der Waals surface area contributed by atoms with Crippen LogP contribution in [0.3, 0.4) is 0 Å². The Morgan fingerprint density at radius 2 is 1.42 bits per heavy atom. The van der Waals surface area contributed by atoms with Crippen LogP contribution >= 0.6 is 0 Å². The molecule has 2 aliphatic carbocycles. The molecule has 0 radical (unpaired) electrons. The van der Waals surface area contributed by atoms with Crippen molar-refractivity contribution in [3.05, 3.63) is 60.4 Å². The number of amides is 4. The number of aromatic nitrogens is 6. The number of nitrogens with zero attached hydrogens (tertiary/aromatic N) is 7. The van der Waals surface area contributed by atoms with E-state index in [2.05, 4.69) is 15.3 Å². The van der Waals surface area contributed by atoms with Gasteiger partial charge in [-0.05, 0) is 110 Å². The van der Waals surface area contributed by atoms with Crippen LogP contribution < -0.4 is 5.32 Å². The molecular weight excluding hydrogens is 821 g/mol. The van der Waals surface area contributed by atoms with Gasteiger partial charge in [-0.2, -0.15) is 0 Å². The number of piperidine rings is 2. The predicted octanol–water partition coefficient (Wildman–Crippen LogP) is 5.44. The Labute approximate surface area is 368 Å². The number of rotatable bonds is 10. The van der Waals surface area contributed by atoms with E-state index >= 15 is 0 Å². The summed E-state index contributed by atoms with van der Waals surface area (Å²) in [5.74, 6) is 1.78. The van der Waals surface area contributed by atoms with Crippen molar-refractivity contribution in [1.82, 2.24) is 49.9 Å². The lowest BCUT2D eigenvalue weighted by Gasteiger charge is -2.38. The Balaban J connectivity index is 0.808. The number of benzene rings is 2. The van der Waals surface area contributed by atoms with Gasteiger partial charge in [-0.3, -0.25) is 19.5 Å². The van der Waals surface area contributed by atoms with Gasteiger partial charge in [0.2, 0.25) is 11.8 Å². The first kappa shape index (κ1) is 40.6. The number of H-pyrrole nitrogens is 2. The van der Waals surface area contributed by atoms with Gasteiger partial charge >= 0.3 is 12.2 Å². The second kappa shape index (κ2) is 16.1. The second-order valence-electron chi connectivity index (χ2n) is 18.5. The summed E-state index contributed by atoms with van der Waals surface area (Å²) in [6.45, 7) is 2.13. The van der Waals surface area contributed by atoms with Gasteiger partial charge in [0.1, 0.15) is 35.1 Å². The summed E-state index contributed by atoms with van der Waals surface area (Å²) in [5.41, 5.74) is 6.20. The Hall–Kier alpha value is -6.14. The van der Waals surface area contributed by atoms with Gasteiger partial charge in [0.15, 0.2) is 0 Å². The van der Waals surface area contributed by atoms with Crippen LogP contribution in [0.2, 0.25) is 0 Å². The van der Waals surface area contributed by atoms with E-state index < -0.39 is 24.3 Å². The van der Waals surface area contributed by atoms with E-state index in [0.717, 1.165) is 53.7 Å². The molecule has 0 bridgehead atoms. The molecule has 4 N–H and O–H groups in total. The molecule has 7 heterocycles. The van der Waals surface area contributed by atoms with Gasteiger partial charge in [0, 0.05) is 51.8 Å². The molecule has 6 aliphatic rings. The number of hydrogen-bond acceptors (Lipinski definition) is 11. The summed E-state index contributed by atoms with van der Waals surface area (Å²) in [7, 11) is 2.81. The van der Waals surface area contributed by atoms with Gasteiger partial charge < -0.3 is 44.4 Å². The zero-order chi connectivity index (χ0) is 43.8. The molecule has 64 heavy (non-hydrogen) atoms. The molecule has 18 heteroatoms. The molecular formula is C46H52N10O8. The molecule has 6 fully saturated rings. The fourth-order valence-corrected chi connectivity index (χ4v) is 11.1. The predicted molar refractivity (Wildman–Crippen MR) is 230 cm³/mol. The molecule has 4 saturated heterocycles. The number of methoxy groups -OCH3 is 1. The fourth-order valence-electron chi connectivity index (χ4n) is 11.1. The molecule has 4 amide bonds. The number of carbonyl (C=O) groups is 4. The quantitative estimate of drug-likeness (QED) is 0.138. The number of aromatic amines is 2. The highest BCUT2D eigenvalue weighted by Crippen LogP contribution is 2.55. The van der Waals surface area contributed by atoms with E-state index in [1.807, 2.05) is 46.2 Å². The van der Waals surface area contributed by atoms with Crippen LogP contribution in [0, 0.1) is 23.7 Å². The summed E-state index contributed by atoms with van der Waals surface area (Å²) in [6.07, 6.45) is 7.88. The molecule has 0 unspecified atom stereocenters. The largest absolute Gasteiger partial charge is 0.465 e. The number of carbonyl (C=O) groups excluding carboxylic acids is 3. The number of hydrogen-bond donors (Lipinski definition) is 4. The van der Waals surface area contributed by atoms with Crippen molar-refractivity contribution in [2.75, 3.05) is 40.6 Å². The number of carboxylic acid groups (broad SMARTS) is 1. The standard InChI is InChI=1S/C46H52N10O8/c1-54(46(60)61)40(24-9-13-64-14-10-24)44(58)56-36-18-27(36)19-37(56)41-48-22-34(52-41)33-21-47-31-15-25(3-5-29(31)49-33)26-4-6-30-32(16-26)51-42(50-30)38-20-28-17-35(28)55(38)43(57)39(53-45(59)62-2)23-7-11-63-12-8-23/h3-6,15-16,21-24,27-28,35-40H,7-14,17-20H2,1-2H3,(H,48,52)(H,50,51)(H,53,59)(H,60,61)/t27-,28+,35-,36-,37+,38+,39+,40+/m1/s1. The van der Waals surface area contributed by atoms with Crippen molar-refractivity contribution in [3.8, 4) is 22.5 Å². The number of ether oxygens (including phenoxy) is 3. The lowest BCUT2D eigenvalue weighted by atomic mass is 9.89. The first-order chi connectivity index (χ1) is 31.1. The Kier molecular flexibility index (Phi) is 10.2. The average Bonchev–Trinajstić information content (AvgIpc) is 3.94. The van der Waals surface area contributed by atoms with E-state index in [1.165, 1.54) is 19.1 Å². The molecule has 5 aromatic rings. The van der Waals surface area contributed by atoms with E-state index in [0.29, 0.717) is 92.2 Å². The molecule has 4 aliphatic heterocycles. The van der Waals surface area contributed by atoms with Crippen LogP contribution in [-0.2, 0) is 23.8 Å². The van der Waals surface area contributed by atoms with Crippen LogP contribution in [0.15, 0.2) is 48.8 Å². The number of alkyl carbamates (subject to hydrolysis) is 1. The third kappa shape index (κ3) is 7.29. The van der Waals surface area contributed by atoms with Crippen LogP contribution in [0.4, 0.5) is 9.59 Å². The van der Waals surface area contributed by atoms with Crippen molar-refractivity contribution < 1.29 is 38.5 Å². The maximum absolute atomic E-state index is 14.3. The minimum absolute atomic E-state index is 0.0388. The average molecular weight is 873 g/mol. The lowest BCUT2D eigenvalue weighted by molar-refractivity contribution is -0.141. The monoisotopic (exact) mass is 872 g/mol. The smallest absolute Gasteiger partial charge is 0.407 e. The molecule has 2 saturated carbocycles. The number of fused-ring (bicyclic) bond motifs is 4. The van der Waals surface area contributed by atoms with Crippen LogP contribution in [0.25, 0.3) is 44.6 Å². The minimum atomic E-state index is -1.12. The summed E-state index contributed by atoms with van der Waals surface area (Å²) in [5, 5.41) is 12.8. The van der Waals surface area contributed by atoms with Gasteiger partial charge in [0.05, 0.1) is 47.5 Å². The van der Waals surface area contributed by atoms with Crippen molar-refractivity contribution in [2.45, 2.75) is 87.6 Å². The highest BCUT2D eigenvalue weighted by atomic mass is 16.5. The summed E-state index contributed by atoms with van der Waals surface area (Å²) >= 11 is 0. The second-order valence-corrected chi connectivity index (χ2v) is 18.5. The number of imidazole rings is 2. The topological polar surface area (TPSA) is 221 Å². The maximum atomic E-state index is 14.3. The summed E-state index contributed by atoms with van der Waals surface area (Å²) in [4.78, 5) is 84.8. The van der Waals surface area contributed by atoms with Crippen molar-refractivity contribution in [3.63, 3.8) is 0 Å². The normalized spacial score (nSPS) is 26.3. The fraction of sp³-hybridized carbons (Fsp3) is 0.522. The third-order valence-corrected chi connectivity index (χ3v) is 14.7. The maximum Gasteiger partial charge on any atom is 0.407 e. The van der Waals surface area contributed by atoms with E-state index in [4.69, 9.17) is 34.1 Å². The first-order valence-electron chi connectivity index (χ1n) is 22.6. The Morgan fingerprint density at radius 3 is 2.11 bits per heavy atom. The molecule has 0 spiro atoms. The Bertz CT molecular complexity index is 2640. The minimum Gasteiger partial charge on any atom is -0.465 e. The third-order valence-electron chi connectivity index (χ3n) is 14.7. The molecule has 2 aromatic carbocycles. The first-order valence-corrected chi connectivity index (χ1v) is 22.6. The van der Waals surface area contributed by atoms with Crippen LogP contribution in [0.1, 0.15) is 75.1 Å². The van der Waals surface area contributed by atoms with Crippen LogP contribution in [-0.4, -0.2) is 138 Å². The molecule has 8 atom stereocenters. The lowest BCUT2D eigenvalue weighted by Crippen LogP contribution is -2.54. The molecule has 18 nitrogen and oxygen atoms in total.